The fourth-order valence-corrected chi connectivity index (χ4v) is 4.72. The number of rotatable bonds is 6. The van der Waals surface area contributed by atoms with Crippen molar-refractivity contribution in [3.63, 3.8) is 0 Å². The lowest BCUT2D eigenvalue weighted by atomic mass is 9.64. The van der Waals surface area contributed by atoms with E-state index in [2.05, 4.69) is 57.3 Å². The number of guanidine groups is 1. The fraction of sp³-hybridized carbons (Fsp3) is 0.619. The molecule has 0 spiro atoms. The van der Waals surface area contributed by atoms with Crippen molar-refractivity contribution in [2.75, 3.05) is 26.2 Å². The van der Waals surface area contributed by atoms with Gasteiger partial charge in [0.2, 0.25) is 5.91 Å². The molecule has 1 saturated heterocycles. The molecule has 0 radical (unpaired) electrons. The lowest BCUT2D eigenvalue weighted by Gasteiger charge is -2.42. The number of nitrogens with zero attached hydrogens (tertiary/aromatic N) is 2. The Hall–Kier alpha value is -0.830. The van der Waals surface area contributed by atoms with Crippen LogP contribution in [0.1, 0.15) is 51.0 Å². The number of amides is 1. The summed E-state index contributed by atoms with van der Waals surface area (Å²) in [6, 6.07) is 8.67. The van der Waals surface area contributed by atoms with Crippen molar-refractivity contribution >= 4 is 51.8 Å². The quantitative estimate of drug-likeness (QED) is 0.312. The monoisotopic (exact) mass is 562 g/mol. The van der Waals surface area contributed by atoms with Gasteiger partial charge >= 0.3 is 0 Å². The van der Waals surface area contributed by atoms with E-state index in [0.29, 0.717) is 12.3 Å². The highest BCUT2D eigenvalue weighted by Crippen LogP contribution is 2.44. The van der Waals surface area contributed by atoms with Gasteiger partial charge in [0, 0.05) is 35.9 Å². The highest BCUT2D eigenvalue weighted by atomic mass is 127. The maximum absolute atomic E-state index is 11.3. The topological polar surface area (TPSA) is 70.7 Å². The first-order valence-corrected chi connectivity index (χ1v) is 10.9. The van der Waals surface area contributed by atoms with Crippen LogP contribution < -0.4 is 11.1 Å². The maximum Gasteiger partial charge on any atom is 0.217 e. The predicted octanol–water partition coefficient (Wildman–Crippen LogP) is 4.04. The highest BCUT2D eigenvalue weighted by Gasteiger charge is 2.39. The van der Waals surface area contributed by atoms with Crippen LogP contribution in [0.4, 0.5) is 0 Å². The van der Waals surface area contributed by atoms with Crippen molar-refractivity contribution in [2.45, 2.75) is 50.9 Å². The second kappa shape index (κ2) is 10.8. The van der Waals surface area contributed by atoms with Gasteiger partial charge in [-0.25, -0.2) is 0 Å². The lowest BCUT2D eigenvalue weighted by molar-refractivity contribution is -0.119. The minimum absolute atomic E-state index is 0. The Morgan fingerprint density at radius 2 is 2.18 bits per heavy atom. The Morgan fingerprint density at radius 3 is 2.79 bits per heavy atom. The summed E-state index contributed by atoms with van der Waals surface area (Å²) in [7, 11) is 0. The minimum Gasteiger partial charge on any atom is -0.370 e. The SMILES string of the molecule is CCNC(=NCC1(c2cccc(Br)c2)CCC1)N1CCCC(CC(N)=O)C1.I. The molecule has 28 heavy (non-hydrogen) atoms. The van der Waals surface area contributed by atoms with Crippen molar-refractivity contribution in [2.24, 2.45) is 16.6 Å². The predicted molar refractivity (Wildman–Crippen MR) is 129 cm³/mol. The van der Waals surface area contributed by atoms with Crippen molar-refractivity contribution in [1.82, 2.24) is 10.2 Å². The molecule has 2 aliphatic rings. The van der Waals surface area contributed by atoms with Crippen LogP contribution >= 0.6 is 39.9 Å². The van der Waals surface area contributed by atoms with E-state index in [1.54, 1.807) is 0 Å². The molecule has 1 saturated carbocycles. The molecule has 1 atom stereocenters. The number of primary amides is 1. The molecule has 0 bridgehead atoms. The third kappa shape index (κ3) is 5.84. The molecule has 1 amide bonds. The van der Waals surface area contributed by atoms with E-state index in [9.17, 15) is 4.79 Å². The van der Waals surface area contributed by atoms with Crippen molar-refractivity contribution < 1.29 is 4.79 Å². The zero-order chi connectivity index (χ0) is 19.3. The summed E-state index contributed by atoms with van der Waals surface area (Å²) < 4.78 is 1.13. The first-order chi connectivity index (χ1) is 13.0. The van der Waals surface area contributed by atoms with Gasteiger partial charge in [0.25, 0.3) is 0 Å². The number of carbonyl (C=O) groups excluding carboxylic acids is 1. The molecule has 2 fully saturated rings. The Bertz CT molecular complexity index is 693. The van der Waals surface area contributed by atoms with Crippen molar-refractivity contribution in [3.8, 4) is 0 Å². The van der Waals surface area contributed by atoms with Gasteiger partial charge < -0.3 is 16.0 Å². The number of halogens is 2. The molecule has 5 nitrogen and oxygen atoms in total. The third-order valence-corrected chi connectivity index (χ3v) is 6.42. The van der Waals surface area contributed by atoms with Crippen LogP contribution in [0, 0.1) is 5.92 Å². The number of hydrogen-bond donors (Lipinski definition) is 2. The number of aliphatic imine (C=N–C) groups is 1. The highest BCUT2D eigenvalue weighted by molar-refractivity contribution is 14.0. The Morgan fingerprint density at radius 1 is 1.39 bits per heavy atom. The smallest absolute Gasteiger partial charge is 0.217 e. The van der Waals surface area contributed by atoms with Crippen LogP contribution in [0.2, 0.25) is 0 Å². The zero-order valence-corrected chi connectivity index (χ0v) is 20.5. The van der Waals surface area contributed by atoms with E-state index in [4.69, 9.17) is 10.7 Å². The van der Waals surface area contributed by atoms with E-state index in [1.807, 2.05) is 0 Å². The molecule has 1 aliphatic heterocycles. The van der Waals surface area contributed by atoms with Crippen molar-refractivity contribution in [3.05, 3.63) is 34.3 Å². The number of nitrogens with two attached hydrogens (primary N) is 1. The number of benzene rings is 1. The van der Waals surface area contributed by atoms with Gasteiger partial charge in [-0.3, -0.25) is 9.79 Å². The lowest BCUT2D eigenvalue weighted by Crippen LogP contribution is -2.48. The summed E-state index contributed by atoms with van der Waals surface area (Å²) in [6.45, 7) is 5.61. The van der Waals surface area contributed by atoms with Crippen LogP contribution in [0.3, 0.4) is 0 Å². The summed E-state index contributed by atoms with van der Waals surface area (Å²) >= 11 is 3.61. The average Bonchev–Trinajstić information content (AvgIpc) is 2.59. The minimum atomic E-state index is -0.202. The van der Waals surface area contributed by atoms with Gasteiger partial charge in [-0.2, -0.15) is 0 Å². The van der Waals surface area contributed by atoms with Gasteiger partial charge in [-0.1, -0.05) is 34.5 Å². The molecule has 1 heterocycles. The second-order valence-electron chi connectivity index (χ2n) is 7.94. The molecule has 1 aromatic carbocycles. The molecule has 1 aliphatic carbocycles. The van der Waals surface area contributed by atoms with Gasteiger partial charge in [-0.15, -0.1) is 24.0 Å². The zero-order valence-electron chi connectivity index (χ0n) is 16.6. The van der Waals surface area contributed by atoms with Gasteiger partial charge in [0.05, 0.1) is 6.54 Å². The fourth-order valence-electron chi connectivity index (χ4n) is 4.32. The number of likely N-dealkylation sites (tertiary alicyclic amines) is 1. The first kappa shape index (κ1) is 23.4. The molecular formula is C21H32BrIN4O. The maximum atomic E-state index is 11.3. The normalized spacial score (nSPS) is 21.4. The van der Waals surface area contributed by atoms with Crippen LogP contribution in [-0.2, 0) is 10.2 Å². The summed E-state index contributed by atoms with van der Waals surface area (Å²) in [5.74, 6) is 1.11. The summed E-state index contributed by atoms with van der Waals surface area (Å²) in [5.41, 5.74) is 6.96. The van der Waals surface area contributed by atoms with Crippen LogP contribution in [0.5, 0.6) is 0 Å². The molecule has 3 N–H and O–H groups in total. The Balaban J connectivity index is 0.00000280. The molecule has 7 heteroatoms. The molecule has 0 aromatic heterocycles. The first-order valence-electron chi connectivity index (χ1n) is 10.1. The largest absolute Gasteiger partial charge is 0.370 e. The van der Waals surface area contributed by atoms with Gasteiger partial charge in [-0.05, 0) is 56.2 Å². The number of carbonyl (C=O) groups is 1. The van der Waals surface area contributed by atoms with Crippen LogP contribution in [0.25, 0.3) is 0 Å². The van der Waals surface area contributed by atoms with Crippen LogP contribution in [0.15, 0.2) is 33.7 Å². The molecule has 1 aromatic rings. The third-order valence-electron chi connectivity index (χ3n) is 5.92. The number of nitrogens with one attached hydrogen (secondary N) is 1. The standard InChI is InChI=1S/C21H31BrN4O.HI/c1-2-24-20(26-11-4-6-16(14-26)12-19(23)27)25-15-21(9-5-10-21)17-7-3-8-18(22)13-17;/h3,7-8,13,16H,2,4-6,9-12,14-15H2,1H3,(H2,23,27)(H,24,25);1H. The van der Waals surface area contributed by atoms with E-state index >= 15 is 0 Å². The van der Waals surface area contributed by atoms with Crippen LogP contribution in [-0.4, -0.2) is 42.9 Å². The number of hydrogen-bond acceptors (Lipinski definition) is 2. The van der Waals surface area contributed by atoms with Gasteiger partial charge in [0.1, 0.15) is 0 Å². The van der Waals surface area contributed by atoms with E-state index in [0.717, 1.165) is 49.5 Å². The van der Waals surface area contributed by atoms with E-state index < -0.39 is 0 Å². The van der Waals surface area contributed by atoms with E-state index in [-0.39, 0.29) is 35.3 Å². The Labute approximate surface area is 194 Å². The molecule has 1 unspecified atom stereocenters. The average molecular weight is 563 g/mol. The molecule has 3 rings (SSSR count). The summed E-state index contributed by atoms with van der Waals surface area (Å²) in [4.78, 5) is 18.7. The van der Waals surface area contributed by atoms with Crippen molar-refractivity contribution in [1.29, 1.82) is 0 Å². The Kier molecular flexibility index (Phi) is 9.05. The summed E-state index contributed by atoms with van der Waals surface area (Å²) in [6.07, 6.45) is 6.27. The van der Waals surface area contributed by atoms with E-state index in [1.165, 1.54) is 24.8 Å². The molecular weight excluding hydrogens is 531 g/mol. The second-order valence-corrected chi connectivity index (χ2v) is 8.85. The number of piperidine rings is 1. The van der Waals surface area contributed by atoms with Gasteiger partial charge in [0.15, 0.2) is 5.96 Å². The molecule has 156 valence electrons. The summed E-state index contributed by atoms with van der Waals surface area (Å²) in [5, 5.41) is 3.46.